The van der Waals surface area contributed by atoms with E-state index in [0.717, 1.165) is 32.5 Å². The smallest absolute Gasteiger partial charge is 0.0700 e. The number of hydrogen-bond donors (Lipinski definition) is 2. The molecule has 15 heavy (non-hydrogen) atoms. The fourth-order valence-corrected chi connectivity index (χ4v) is 1.18. The van der Waals surface area contributed by atoms with E-state index >= 15 is 0 Å². The molecule has 0 aromatic heterocycles. The number of aliphatic hydroxyl groups is 1. The number of aliphatic hydroxyl groups excluding tert-OH is 1. The Hall–Kier alpha value is -0.160. The minimum absolute atomic E-state index is 0.0399. The molecule has 4 nitrogen and oxygen atoms in total. The predicted octanol–water partition coefficient (Wildman–Crippen LogP) is 0.920. The Bertz CT molecular complexity index is 140. The van der Waals surface area contributed by atoms with Crippen LogP contribution in [0.15, 0.2) is 0 Å². The Kier molecular flexibility index (Phi) is 9.00. The molecule has 0 bridgehead atoms. The van der Waals surface area contributed by atoms with Gasteiger partial charge in [-0.05, 0) is 33.1 Å². The lowest BCUT2D eigenvalue weighted by Crippen LogP contribution is -2.39. The third-order valence-electron chi connectivity index (χ3n) is 2.22. The van der Waals surface area contributed by atoms with Crippen molar-refractivity contribution < 1.29 is 14.6 Å². The van der Waals surface area contributed by atoms with Gasteiger partial charge in [0, 0.05) is 18.8 Å². The van der Waals surface area contributed by atoms with E-state index in [1.807, 2.05) is 13.8 Å². The van der Waals surface area contributed by atoms with E-state index in [9.17, 15) is 0 Å². The number of nitrogens with two attached hydrogens (primary N) is 1. The van der Waals surface area contributed by atoms with Crippen molar-refractivity contribution in [2.75, 3.05) is 33.0 Å². The molecule has 3 N–H and O–H groups in total. The van der Waals surface area contributed by atoms with Crippen LogP contribution in [0.4, 0.5) is 0 Å². The van der Waals surface area contributed by atoms with Crippen LogP contribution in [0.2, 0.25) is 0 Å². The average Bonchev–Trinajstić information content (AvgIpc) is 2.22. The number of unbranched alkanes of at least 4 members (excludes halogenated alkanes) is 1. The molecule has 92 valence electrons. The zero-order chi connectivity index (χ0) is 11.6. The Morgan fingerprint density at radius 3 is 2.40 bits per heavy atom. The number of rotatable bonds is 10. The Morgan fingerprint density at radius 1 is 1.13 bits per heavy atom. The summed E-state index contributed by atoms with van der Waals surface area (Å²) in [5.41, 5.74) is 5.35. The minimum Gasteiger partial charge on any atom is -0.394 e. The first kappa shape index (κ1) is 14.8. The maximum Gasteiger partial charge on any atom is 0.0700 e. The molecule has 0 aliphatic rings. The van der Waals surface area contributed by atoms with Gasteiger partial charge in [0.2, 0.25) is 0 Å². The van der Waals surface area contributed by atoms with Crippen molar-refractivity contribution in [2.24, 2.45) is 5.73 Å². The normalized spacial score (nSPS) is 15.2. The third-order valence-corrected chi connectivity index (χ3v) is 2.22. The van der Waals surface area contributed by atoms with Gasteiger partial charge in [0.25, 0.3) is 0 Å². The molecule has 0 fully saturated rings. The Morgan fingerprint density at radius 2 is 1.80 bits per heavy atom. The van der Waals surface area contributed by atoms with Crippen molar-refractivity contribution in [3.05, 3.63) is 0 Å². The molecule has 4 heteroatoms. The highest BCUT2D eigenvalue weighted by Crippen LogP contribution is 2.09. The summed E-state index contributed by atoms with van der Waals surface area (Å²) in [6.45, 7) is 6.69. The standard InChI is InChI=1S/C11H25NO3/c1-3-14-8-9-15-7-5-4-6-11(2,12)10-13/h13H,3-10,12H2,1-2H3. The van der Waals surface area contributed by atoms with Gasteiger partial charge >= 0.3 is 0 Å². The first-order valence-corrected chi connectivity index (χ1v) is 5.67. The second-order valence-electron chi connectivity index (χ2n) is 4.08. The molecule has 0 saturated carbocycles. The summed E-state index contributed by atoms with van der Waals surface area (Å²) in [5, 5.41) is 8.92. The Labute approximate surface area is 92.7 Å². The summed E-state index contributed by atoms with van der Waals surface area (Å²) in [5.74, 6) is 0. The van der Waals surface area contributed by atoms with Crippen molar-refractivity contribution in [3.8, 4) is 0 Å². The third kappa shape index (κ3) is 10.1. The summed E-state index contributed by atoms with van der Waals surface area (Å²) in [7, 11) is 0. The van der Waals surface area contributed by atoms with Crippen LogP contribution in [0.5, 0.6) is 0 Å². The lowest BCUT2D eigenvalue weighted by atomic mass is 9.97. The molecule has 0 aliphatic heterocycles. The second-order valence-corrected chi connectivity index (χ2v) is 4.08. The summed E-state index contributed by atoms with van der Waals surface area (Å²) < 4.78 is 10.5. The van der Waals surface area contributed by atoms with Crippen molar-refractivity contribution in [1.29, 1.82) is 0 Å². The van der Waals surface area contributed by atoms with Crippen LogP contribution >= 0.6 is 0 Å². The fraction of sp³-hybridized carbons (Fsp3) is 1.00. The van der Waals surface area contributed by atoms with E-state index in [0.29, 0.717) is 13.2 Å². The van der Waals surface area contributed by atoms with Crippen molar-refractivity contribution in [3.63, 3.8) is 0 Å². The van der Waals surface area contributed by atoms with Crippen LogP contribution in [0.3, 0.4) is 0 Å². The number of ether oxygens (including phenoxy) is 2. The molecule has 0 aromatic carbocycles. The van der Waals surface area contributed by atoms with Crippen molar-refractivity contribution in [1.82, 2.24) is 0 Å². The topological polar surface area (TPSA) is 64.7 Å². The quantitative estimate of drug-likeness (QED) is 0.536. The summed E-state index contributed by atoms with van der Waals surface area (Å²) in [6.07, 6.45) is 2.80. The van der Waals surface area contributed by atoms with Gasteiger partial charge < -0.3 is 20.3 Å². The molecule has 0 rings (SSSR count). The molecule has 0 radical (unpaired) electrons. The number of hydrogen-bond acceptors (Lipinski definition) is 4. The highest BCUT2D eigenvalue weighted by atomic mass is 16.5. The Balaban J connectivity index is 3.11. The van der Waals surface area contributed by atoms with Crippen LogP contribution in [0.1, 0.15) is 33.1 Å². The van der Waals surface area contributed by atoms with Crippen LogP contribution in [-0.4, -0.2) is 43.7 Å². The van der Waals surface area contributed by atoms with Gasteiger partial charge in [0.15, 0.2) is 0 Å². The van der Waals surface area contributed by atoms with Gasteiger partial charge in [0.05, 0.1) is 19.8 Å². The lowest BCUT2D eigenvalue weighted by molar-refractivity contribution is 0.0506. The zero-order valence-corrected chi connectivity index (χ0v) is 10.00. The molecular formula is C11H25NO3. The van der Waals surface area contributed by atoms with Gasteiger partial charge in [-0.2, -0.15) is 0 Å². The molecule has 0 saturated heterocycles. The van der Waals surface area contributed by atoms with E-state index in [1.54, 1.807) is 0 Å². The van der Waals surface area contributed by atoms with E-state index in [2.05, 4.69) is 0 Å². The molecule has 0 aromatic rings. The average molecular weight is 219 g/mol. The summed E-state index contributed by atoms with van der Waals surface area (Å²) in [6, 6.07) is 0. The minimum atomic E-state index is -0.439. The second kappa shape index (κ2) is 9.09. The van der Waals surface area contributed by atoms with Crippen LogP contribution in [0, 0.1) is 0 Å². The highest BCUT2D eigenvalue weighted by Gasteiger charge is 2.15. The molecular weight excluding hydrogens is 194 g/mol. The van der Waals surface area contributed by atoms with E-state index in [4.69, 9.17) is 20.3 Å². The molecule has 1 unspecified atom stereocenters. The predicted molar refractivity (Wildman–Crippen MR) is 60.8 cm³/mol. The molecule has 0 aliphatic carbocycles. The van der Waals surface area contributed by atoms with Crippen molar-refractivity contribution in [2.45, 2.75) is 38.6 Å². The highest BCUT2D eigenvalue weighted by molar-refractivity contribution is 4.76. The van der Waals surface area contributed by atoms with Gasteiger partial charge in [-0.1, -0.05) is 0 Å². The van der Waals surface area contributed by atoms with E-state index in [1.165, 1.54) is 0 Å². The molecule has 0 amide bonds. The fourth-order valence-electron chi connectivity index (χ4n) is 1.18. The monoisotopic (exact) mass is 219 g/mol. The molecule has 1 atom stereocenters. The van der Waals surface area contributed by atoms with Crippen LogP contribution < -0.4 is 5.73 Å². The SMILES string of the molecule is CCOCCOCCCCC(C)(N)CO. The summed E-state index contributed by atoms with van der Waals surface area (Å²) in [4.78, 5) is 0. The van der Waals surface area contributed by atoms with Gasteiger partial charge in [-0.15, -0.1) is 0 Å². The van der Waals surface area contributed by atoms with E-state index in [-0.39, 0.29) is 6.61 Å². The van der Waals surface area contributed by atoms with E-state index < -0.39 is 5.54 Å². The first-order valence-electron chi connectivity index (χ1n) is 5.67. The maximum absolute atomic E-state index is 8.92. The first-order chi connectivity index (χ1) is 7.12. The molecule has 0 heterocycles. The van der Waals surface area contributed by atoms with Gasteiger partial charge in [-0.3, -0.25) is 0 Å². The lowest BCUT2D eigenvalue weighted by Gasteiger charge is -2.21. The largest absolute Gasteiger partial charge is 0.394 e. The van der Waals surface area contributed by atoms with Gasteiger partial charge in [-0.25, -0.2) is 0 Å². The van der Waals surface area contributed by atoms with Crippen LogP contribution in [0.25, 0.3) is 0 Å². The van der Waals surface area contributed by atoms with Gasteiger partial charge in [0.1, 0.15) is 0 Å². The van der Waals surface area contributed by atoms with Crippen LogP contribution in [-0.2, 0) is 9.47 Å². The van der Waals surface area contributed by atoms with Crippen molar-refractivity contribution >= 4 is 0 Å². The maximum atomic E-state index is 8.92. The zero-order valence-electron chi connectivity index (χ0n) is 10.00. The summed E-state index contributed by atoms with van der Waals surface area (Å²) >= 11 is 0. The molecule has 0 spiro atoms.